The lowest BCUT2D eigenvalue weighted by Gasteiger charge is -2.26. The summed E-state index contributed by atoms with van der Waals surface area (Å²) in [7, 11) is 0. The van der Waals surface area contributed by atoms with Gasteiger partial charge in [0.15, 0.2) is 0 Å². The largest absolute Gasteiger partial charge is 0.492 e. The summed E-state index contributed by atoms with van der Waals surface area (Å²) >= 11 is 0. The van der Waals surface area contributed by atoms with Crippen molar-refractivity contribution >= 4 is 5.69 Å². The zero-order valence-corrected chi connectivity index (χ0v) is 10.3. The van der Waals surface area contributed by atoms with Crippen LogP contribution in [0.2, 0.25) is 0 Å². The summed E-state index contributed by atoms with van der Waals surface area (Å²) < 4.78 is 5.59. The lowest BCUT2D eigenvalue weighted by Crippen LogP contribution is -2.48. The maximum Gasteiger partial charge on any atom is 0.145 e. The maximum absolute atomic E-state index is 5.59. The molecule has 1 aromatic carbocycles. The third-order valence-electron chi connectivity index (χ3n) is 2.04. The van der Waals surface area contributed by atoms with Gasteiger partial charge in [-0.15, -0.1) is 0 Å². The van der Waals surface area contributed by atoms with Crippen molar-refractivity contribution in [2.75, 3.05) is 24.8 Å². The second kappa shape index (κ2) is 7.09. The van der Waals surface area contributed by atoms with E-state index in [0.29, 0.717) is 6.61 Å². The number of nitrogens with zero attached hydrogens (tertiary/aromatic N) is 1. The molecular weight excluding hydrogens is 202 g/mol. The molecule has 0 spiro atoms. The van der Waals surface area contributed by atoms with Crippen molar-refractivity contribution in [2.24, 2.45) is 0 Å². The Balaban J connectivity index is 2.87. The molecule has 0 saturated carbocycles. The van der Waals surface area contributed by atoms with Crippen LogP contribution in [-0.4, -0.2) is 19.7 Å². The normalized spacial score (nSPS) is 10.2. The van der Waals surface area contributed by atoms with Gasteiger partial charge in [0.25, 0.3) is 0 Å². The molecule has 0 aliphatic heterocycles. The summed E-state index contributed by atoms with van der Waals surface area (Å²) in [6.45, 7) is 8.49. The second-order valence-electron chi connectivity index (χ2n) is 3.26. The fourth-order valence-electron chi connectivity index (χ4n) is 1.46. The number of benzene rings is 1. The molecule has 4 nitrogen and oxygen atoms in total. The third-order valence-corrected chi connectivity index (χ3v) is 2.04. The highest BCUT2D eigenvalue weighted by molar-refractivity contribution is 5.56. The minimum absolute atomic E-state index is 0.670. The summed E-state index contributed by atoms with van der Waals surface area (Å²) in [5.74, 6) is 0.881. The maximum atomic E-state index is 5.59. The van der Waals surface area contributed by atoms with E-state index >= 15 is 0 Å². The van der Waals surface area contributed by atoms with Crippen molar-refractivity contribution in [3.05, 3.63) is 24.3 Å². The zero-order valence-electron chi connectivity index (χ0n) is 10.3. The van der Waals surface area contributed by atoms with Crippen molar-refractivity contribution < 1.29 is 4.74 Å². The van der Waals surface area contributed by atoms with Crippen LogP contribution >= 0.6 is 0 Å². The quantitative estimate of drug-likeness (QED) is 0.693. The fourth-order valence-corrected chi connectivity index (χ4v) is 1.46. The second-order valence-corrected chi connectivity index (χ2v) is 3.26. The summed E-state index contributed by atoms with van der Waals surface area (Å²) in [5.41, 5.74) is 7.49. The number of rotatable bonds is 7. The van der Waals surface area contributed by atoms with Crippen LogP contribution in [0.1, 0.15) is 20.8 Å². The van der Waals surface area contributed by atoms with Crippen molar-refractivity contribution in [1.82, 2.24) is 10.9 Å². The number of hydrogen-bond donors (Lipinski definition) is 2. The first kappa shape index (κ1) is 12.8. The molecular formula is C12H21N3O. The van der Waals surface area contributed by atoms with Crippen molar-refractivity contribution in [2.45, 2.75) is 20.8 Å². The molecule has 0 fully saturated rings. The zero-order chi connectivity index (χ0) is 11.8. The Morgan fingerprint density at radius 1 is 1.06 bits per heavy atom. The monoisotopic (exact) mass is 223 g/mol. The number of ether oxygens (including phenoxy) is 1. The van der Waals surface area contributed by atoms with Gasteiger partial charge in [0, 0.05) is 13.1 Å². The molecule has 0 saturated heterocycles. The summed E-state index contributed by atoms with van der Waals surface area (Å²) in [6.07, 6.45) is 0. The molecule has 16 heavy (non-hydrogen) atoms. The molecule has 2 N–H and O–H groups in total. The standard InChI is InChI=1S/C12H21N3O/c1-4-13-15(14-5-2)11-9-7-8-10-12(11)16-6-3/h7-10,13-14H,4-6H2,1-3H3. The highest BCUT2D eigenvalue weighted by Crippen LogP contribution is 2.25. The van der Waals surface area contributed by atoms with Gasteiger partial charge in [0.05, 0.1) is 6.61 Å². The van der Waals surface area contributed by atoms with Gasteiger partial charge in [-0.2, -0.15) is 0 Å². The van der Waals surface area contributed by atoms with E-state index in [1.54, 1.807) is 0 Å². The Morgan fingerprint density at radius 2 is 1.69 bits per heavy atom. The minimum atomic E-state index is 0.670. The molecule has 4 heteroatoms. The number of hydrazine groups is 2. The first-order chi connectivity index (χ1) is 7.83. The fraction of sp³-hybridized carbons (Fsp3) is 0.500. The van der Waals surface area contributed by atoms with Crippen molar-refractivity contribution in [3.8, 4) is 5.75 Å². The molecule has 0 atom stereocenters. The van der Waals surface area contributed by atoms with Crippen LogP contribution in [0.3, 0.4) is 0 Å². The Morgan fingerprint density at radius 3 is 2.25 bits per heavy atom. The van der Waals surface area contributed by atoms with Crippen LogP contribution in [0.25, 0.3) is 0 Å². The van der Waals surface area contributed by atoms with Crippen LogP contribution in [-0.2, 0) is 0 Å². The van der Waals surface area contributed by atoms with Gasteiger partial charge in [0.2, 0.25) is 0 Å². The smallest absolute Gasteiger partial charge is 0.145 e. The van der Waals surface area contributed by atoms with Crippen LogP contribution in [0.4, 0.5) is 5.69 Å². The van der Waals surface area contributed by atoms with Gasteiger partial charge in [-0.1, -0.05) is 26.0 Å². The molecule has 1 rings (SSSR count). The van der Waals surface area contributed by atoms with E-state index in [4.69, 9.17) is 4.74 Å². The Labute approximate surface area is 97.5 Å². The lowest BCUT2D eigenvalue weighted by molar-refractivity contribution is 0.338. The predicted molar refractivity (Wildman–Crippen MR) is 67.4 cm³/mol. The summed E-state index contributed by atoms with van der Waals surface area (Å²) in [4.78, 5) is 0. The van der Waals surface area contributed by atoms with Crippen LogP contribution < -0.4 is 20.7 Å². The average Bonchev–Trinajstić information content (AvgIpc) is 2.30. The Kier molecular flexibility index (Phi) is 5.67. The molecule has 0 aliphatic rings. The number of hydrogen-bond acceptors (Lipinski definition) is 4. The predicted octanol–water partition coefficient (Wildman–Crippen LogP) is 1.94. The first-order valence-corrected chi connectivity index (χ1v) is 5.82. The average molecular weight is 223 g/mol. The van der Waals surface area contributed by atoms with Gasteiger partial charge >= 0.3 is 0 Å². The molecule has 90 valence electrons. The topological polar surface area (TPSA) is 36.5 Å². The number of nitrogens with one attached hydrogen (secondary N) is 2. The van der Waals surface area contributed by atoms with E-state index in [-0.39, 0.29) is 0 Å². The minimum Gasteiger partial charge on any atom is -0.492 e. The number of anilines is 1. The van der Waals surface area contributed by atoms with Gasteiger partial charge in [-0.25, -0.2) is 16.0 Å². The van der Waals surface area contributed by atoms with Gasteiger partial charge in [0.1, 0.15) is 11.4 Å². The third kappa shape index (κ3) is 3.40. The molecule has 1 aromatic rings. The molecule has 0 amide bonds. The van der Waals surface area contributed by atoms with Crippen molar-refractivity contribution in [1.29, 1.82) is 0 Å². The van der Waals surface area contributed by atoms with E-state index in [2.05, 4.69) is 24.7 Å². The first-order valence-electron chi connectivity index (χ1n) is 5.82. The van der Waals surface area contributed by atoms with E-state index in [9.17, 15) is 0 Å². The van der Waals surface area contributed by atoms with Crippen LogP contribution in [0.15, 0.2) is 24.3 Å². The van der Waals surface area contributed by atoms with Gasteiger partial charge in [-0.05, 0) is 19.1 Å². The van der Waals surface area contributed by atoms with Gasteiger partial charge in [-0.3, -0.25) is 0 Å². The van der Waals surface area contributed by atoms with Gasteiger partial charge < -0.3 is 4.74 Å². The summed E-state index contributed by atoms with van der Waals surface area (Å²) in [5, 5.41) is 1.91. The van der Waals surface area contributed by atoms with E-state index in [1.165, 1.54) is 0 Å². The van der Waals surface area contributed by atoms with Crippen molar-refractivity contribution in [3.63, 3.8) is 0 Å². The highest BCUT2D eigenvalue weighted by Gasteiger charge is 2.09. The molecule has 0 heterocycles. The SMILES string of the molecule is CCNN(NCC)c1ccccc1OCC. The van der Waals surface area contributed by atoms with Crippen LogP contribution in [0, 0.1) is 0 Å². The van der Waals surface area contributed by atoms with E-state index < -0.39 is 0 Å². The molecule has 0 bridgehead atoms. The lowest BCUT2D eigenvalue weighted by atomic mass is 10.3. The molecule has 0 unspecified atom stereocenters. The molecule has 0 aromatic heterocycles. The van der Waals surface area contributed by atoms with Crippen LogP contribution in [0.5, 0.6) is 5.75 Å². The number of para-hydroxylation sites is 2. The molecule has 0 radical (unpaired) electrons. The Bertz CT molecular complexity index is 298. The highest BCUT2D eigenvalue weighted by atomic mass is 16.5. The summed E-state index contributed by atoms with van der Waals surface area (Å²) in [6, 6.07) is 7.97. The van der Waals surface area contributed by atoms with E-state index in [0.717, 1.165) is 24.5 Å². The van der Waals surface area contributed by atoms with E-state index in [1.807, 2.05) is 36.3 Å². The Hall–Kier alpha value is -1.26. The molecule has 0 aliphatic carbocycles.